The topological polar surface area (TPSA) is 137 Å². The Morgan fingerprint density at radius 2 is 1.77 bits per heavy atom. The predicted molar refractivity (Wildman–Crippen MR) is 107 cm³/mol. The number of methoxy groups -OCH3 is 1. The van der Waals surface area contributed by atoms with E-state index in [-0.39, 0.29) is 11.3 Å². The summed E-state index contributed by atoms with van der Waals surface area (Å²) in [4.78, 5) is 46.9. The average Bonchev–Trinajstić information content (AvgIpc) is 2.73. The second-order valence-electron chi connectivity index (χ2n) is 6.27. The highest BCUT2D eigenvalue weighted by Crippen LogP contribution is 2.23. The summed E-state index contributed by atoms with van der Waals surface area (Å²) in [6, 6.07) is 10.7. The van der Waals surface area contributed by atoms with Crippen molar-refractivity contribution in [2.45, 2.75) is 26.0 Å². The number of carbonyl (C=O) groups is 3. The fraction of sp³-hybridized carbons (Fsp3) is 0.250. The lowest BCUT2D eigenvalue weighted by atomic mass is 10.2. The molecule has 2 amide bonds. The quantitative estimate of drug-likeness (QED) is 0.383. The highest BCUT2D eigenvalue weighted by molar-refractivity contribution is 5.98. The van der Waals surface area contributed by atoms with E-state index in [9.17, 15) is 24.5 Å². The monoisotopic (exact) mass is 415 g/mol. The number of nitrogens with zero attached hydrogens (tertiary/aromatic N) is 1. The Balaban J connectivity index is 1.94. The molecule has 2 aromatic rings. The van der Waals surface area contributed by atoms with Gasteiger partial charge in [0.25, 0.3) is 17.5 Å². The lowest BCUT2D eigenvalue weighted by Gasteiger charge is -2.18. The van der Waals surface area contributed by atoms with Crippen molar-refractivity contribution in [2.24, 2.45) is 0 Å². The van der Waals surface area contributed by atoms with Crippen molar-refractivity contribution in [3.8, 4) is 5.75 Å². The third-order valence-electron chi connectivity index (χ3n) is 4.05. The van der Waals surface area contributed by atoms with Crippen molar-refractivity contribution in [3.05, 3.63) is 64.2 Å². The molecular formula is C20H21N3O7. The summed E-state index contributed by atoms with van der Waals surface area (Å²) in [6.07, 6.45) is -1.14. The fourth-order valence-corrected chi connectivity index (χ4v) is 2.41. The van der Waals surface area contributed by atoms with E-state index >= 15 is 0 Å². The molecule has 10 nitrogen and oxygen atoms in total. The Morgan fingerprint density at radius 3 is 2.43 bits per heavy atom. The van der Waals surface area contributed by atoms with Crippen LogP contribution in [0.25, 0.3) is 0 Å². The maximum atomic E-state index is 12.3. The first kappa shape index (κ1) is 22.3. The van der Waals surface area contributed by atoms with Crippen LogP contribution in [-0.2, 0) is 14.3 Å². The maximum Gasteiger partial charge on any atom is 0.329 e. The van der Waals surface area contributed by atoms with Crippen LogP contribution >= 0.6 is 0 Å². The molecule has 2 aromatic carbocycles. The number of amides is 2. The fourth-order valence-electron chi connectivity index (χ4n) is 2.41. The Labute approximate surface area is 172 Å². The largest absolute Gasteiger partial charge is 0.495 e. The molecule has 2 rings (SSSR count). The number of hydrogen-bond acceptors (Lipinski definition) is 7. The van der Waals surface area contributed by atoms with Gasteiger partial charge in [-0.3, -0.25) is 19.7 Å². The van der Waals surface area contributed by atoms with Crippen LogP contribution < -0.4 is 15.4 Å². The second kappa shape index (κ2) is 10.0. The van der Waals surface area contributed by atoms with E-state index in [0.717, 1.165) is 6.07 Å². The van der Waals surface area contributed by atoms with Gasteiger partial charge in [0.2, 0.25) is 0 Å². The van der Waals surface area contributed by atoms with Gasteiger partial charge < -0.3 is 20.1 Å². The van der Waals surface area contributed by atoms with Crippen LogP contribution in [0.2, 0.25) is 0 Å². The van der Waals surface area contributed by atoms with E-state index in [4.69, 9.17) is 9.47 Å². The van der Waals surface area contributed by atoms with Crippen LogP contribution in [0, 0.1) is 10.1 Å². The summed E-state index contributed by atoms with van der Waals surface area (Å²) in [5.74, 6) is -1.65. The first-order valence-corrected chi connectivity index (χ1v) is 8.92. The molecule has 0 radical (unpaired) electrons. The first-order chi connectivity index (χ1) is 14.2. The van der Waals surface area contributed by atoms with Crippen LogP contribution in [0.15, 0.2) is 48.5 Å². The summed E-state index contributed by atoms with van der Waals surface area (Å²) in [7, 11) is 1.46. The van der Waals surface area contributed by atoms with Gasteiger partial charge in [-0.05, 0) is 32.0 Å². The standard InChI is InChI=1S/C20H21N3O7/c1-12(21-19(25)14-7-6-8-15(11-14)23(27)28)20(26)30-13(2)18(24)22-16-9-4-5-10-17(16)29-3/h4-13H,1-3H3,(H,21,25)(H,22,24)/t12-,13-/m0/s1. The zero-order valence-electron chi connectivity index (χ0n) is 16.6. The molecule has 0 saturated carbocycles. The second-order valence-corrected chi connectivity index (χ2v) is 6.27. The van der Waals surface area contributed by atoms with Crippen LogP contribution in [0.3, 0.4) is 0 Å². The minimum absolute atomic E-state index is 0.0193. The first-order valence-electron chi connectivity index (χ1n) is 8.92. The summed E-state index contributed by atoms with van der Waals surface area (Å²) in [5, 5.41) is 15.8. The van der Waals surface area contributed by atoms with Crippen molar-refractivity contribution >= 4 is 29.2 Å². The summed E-state index contributed by atoms with van der Waals surface area (Å²) in [6.45, 7) is 2.76. The van der Waals surface area contributed by atoms with Gasteiger partial charge in [0.15, 0.2) is 6.10 Å². The van der Waals surface area contributed by atoms with Gasteiger partial charge in [-0.2, -0.15) is 0 Å². The van der Waals surface area contributed by atoms with Gasteiger partial charge in [-0.25, -0.2) is 4.79 Å². The molecule has 0 saturated heterocycles. The van der Waals surface area contributed by atoms with Crippen molar-refractivity contribution < 1.29 is 28.8 Å². The number of esters is 1. The summed E-state index contributed by atoms with van der Waals surface area (Å²) < 4.78 is 10.2. The van der Waals surface area contributed by atoms with Gasteiger partial charge in [-0.15, -0.1) is 0 Å². The number of rotatable bonds is 8. The number of non-ortho nitro benzene ring substituents is 1. The SMILES string of the molecule is COc1ccccc1NC(=O)[C@H](C)OC(=O)[C@H](C)NC(=O)c1cccc([N+](=O)[O-])c1. The molecule has 0 unspecified atom stereocenters. The number of benzene rings is 2. The van der Waals surface area contributed by atoms with E-state index in [1.165, 1.54) is 39.2 Å². The number of nitro benzene ring substituents is 1. The Morgan fingerprint density at radius 1 is 1.07 bits per heavy atom. The highest BCUT2D eigenvalue weighted by atomic mass is 16.6. The molecule has 0 aliphatic carbocycles. The molecule has 0 aliphatic rings. The third kappa shape index (κ3) is 5.77. The average molecular weight is 415 g/mol. The van der Waals surface area contributed by atoms with Gasteiger partial charge >= 0.3 is 5.97 Å². The van der Waals surface area contributed by atoms with Crippen LogP contribution in [0.1, 0.15) is 24.2 Å². The molecule has 0 aliphatic heterocycles. The number of para-hydroxylation sites is 2. The molecule has 0 heterocycles. The summed E-state index contributed by atoms with van der Waals surface area (Å²) >= 11 is 0. The maximum absolute atomic E-state index is 12.3. The molecule has 0 fully saturated rings. The molecule has 158 valence electrons. The van der Waals surface area contributed by atoms with Crippen LogP contribution in [0.4, 0.5) is 11.4 Å². The molecule has 0 bridgehead atoms. The van der Waals surface area contributed by atoms with Crippen LogP contribution in [0.5, 0.6) is 5.75 Å². The number of nitro groups is 1. The van der Waals surface area contributed by atoms with E-state index in [1.54, 1.807) is 24.3 Å². The van der Waals surface area contributed by atoms with Gasteiger partial charge in [0.1, 0.15) is 11.8 Å². The third-order valence-corrected chi connectivity index (χ3v) is 4.05. The minimum Gasteiger partial charge on any atom is -0.495 e. The van der Waals surface area contributed by atoms with Crippen molar-refractivity contribution in [1.82, 2.24) is 5.32 Å². The number of carbonyl (C=O) groups excluding carboxylic acids is 3. The Hall–Kier alpha value is -3.95. The number of hydrogen-bond donors (Lipinski definition) is 2. The number of ether oxygens (including phenoxy) is 2. The zero-order valence-corrected chi connectivity index (χ0v) is 16.6. The molecule has 0 aromatic heterocycles. The van der Waals surface area contributed by atoms with E-state index in [1.807, 2.05) is 0 Å². The Bertz CT molecular complexity index is 961. The molecule has 30 heavy (non-hydrogen) atoms. The van der Waals surface area contributed by atoms with Crippen LogP contribution in [-0.4, -0.2) is 42.0 Å². The van der Waals surface area contributed by atoms with E-state index < -0.39 is 34.9 Å². The Kier molecular flexibility index (Phi) is 7.45. The predicted octanol–water partition coefficient (Wildman–Crippen LogP) is 2.29. The molecule has 0 spiro atoms. The van der Waals surface area contributed by atoms with Crippen molar-refractivity contribution in [3.63, 3.8) is 0 Å². The molecule has 2 atom stereocenters. The normalized spacial score (nSPS) is 12.2. The molecule has 10 heteroatoms. The molecule has 2 N–H and O–H groups in total. The number of anilines is 1. The van der Waals surface area contributed by atoms with E-state index in [0.29, 0.717) is 11.4 Å². The minimum atomic E-state index is -1.14. The summed E-state index contributed by atoms with van der Waals surface area (Å²) in [5.41, 5.74) is 0.185. The van der Waals surface area contributed by atoms with E-state index in [2.05, 4.69) is 10.6 Å². The molecular weight excluding hydrogens is 394 g/mol. The van der Waals surface area contributed by atoms with Crippen molar-refractivity contribution in [1.29, 1.82) is 0 Å². The lowest BCUT2D eigenvalue weighted by Crippen LogP contribution is -2.42. The van der Waals surface area contributed by atoms with Gasteiger partial charge in [0.05, 0.1) is 17.7 Å². The highest BCUT2D eigenvalue weighted by Gasteiger charge is 2.24. The number of nitrogens with one attached hydrogen (secondary N) is 2. The lowest BCUT2D eigenvalue weighted by molar-refractivity contribution is -0.384. The zero-order chi connectivity index (χ0) is 22.3. The van der Waals surface area contributed by atoms with Gasteiger partial charge in [-0.1, -0.05) is 18.2 Å². The van der Waals surface area contributed by atoms with Crippen molar-refractivity contribution in [2.75, 3.05) is 12.4 Å². The smallest absolute Gasteiger partial charge is 0.329 e. The van der Waals surface area contributed by atoms with Gasteiger partial charge in [0, 0.05) is 17.7 Å².